The van der Waals surface area contributed by atoms with Crippen molar-refractivity contribution in [2.24, 2.45) is 17.6 Å². The van der Waals surface area contributed by atoms with Crippen LogP contribution in [-0.4, -0.2) is 12.5 Å². The molecule has 0 bridgehead atoms. The molecule has 2 atom stereocenters. The van der Waals surface area contributed by atoms with Gasteiger partial charge in [-0.2, -0.15) is 0 Å². The van der Waals surface area contributed by atoms with E-state index in [1.165, 1.54) is 12.0 Å². The average molecular weight is 288 g/mol. The predicted octanol–water partition coefficient (Wildman–Crippen LogP) is 3.19. The van der Waals surface area contributed by atoms with Gasteiger partial charge in [0.15, 0.2) is 0 Å². The van der Waals surface area contributed by atoms with Crippen LogP contribution >= 0.6 is 0 Å². The Balaban J connectivity index is 1.88. The molecule has 1 amide bonds. The lowest BCUT2D eigenvalue weighted by Gasteiger charge is -2.29. The number of carbonyl (C=O) groups excluding carboxylic acids is 1. The average Bonchev–Trinajstić information content (AvgIpc) is 2.52. The summed E-state index contributed by atoms with van der Waals surface area (Å²) in [6, 6.07) is 8.51. The molecule has 0 heterocycles. The van der Waals surface area contributed by atoms with Gasteiger partial charge in [0, 0.05) is 12.5 Å². The molecule has 0 saturated heterocycles. The quantitative estimate of drug-likeness (QED) is 0.874. The number of rotatable bonds is 5. The van der Waals surface area contributed by atoms with Crippen LogP contribution in [0.3, 0.4) is 0 Å². The van der Waals surface area contributed by atoms with E-state index >= 15 is 0 Å². The first-order valence-corrected chi connectivity index (χ1v) is 8.18. The van der Waals surface area contributed by atoms with E-state index in [1.807, 2.05) is 0 Å². The van der Waals surface area contributed by atoms with Gasteiger partial charge in [0.1, 0.15) is 0 Å². The number of nitrogens with two attached hydrogens (primary N) is 1. The molecule has 2 unspecified atom stereocenters. The van der Waals surface area contributed by atoms with E-state index < -0.39 is 0 Å². The normalized spacial score (nSPS) is 22.3. The second-order valence-corrected chi connectivity index (χ2v) is 6.50. The summed E-state index contributed by atoms with van der Waals surface area (Å²) in [5.41, 5.74) is 8.30. The molecule has 3 heteroatoms. The van der Waals surface area contributed by atoms with Gasteiger partial charge < -0.3 is 11.1 Å². The lowest BCUT2D eigenvalue weighted by molar-refractivity contribution is -0.127. The first-order chi connectivity index (χ1) is 10.1. The Kier molecular flexibility index (Phi) is 5.80. The zero-order valence-electron chi connectivity index (χ0n) is 13.3. The molecule has 1 saturated carbocycles. The van der Waals surface area contributed by atoms with Crippen LogP contribution in [0.4, 0.5) is 0 Å². The van der Waals surface area contributed by atoms with Gasteiger partial charge in [-0.1, -0.05) is 51.0 Å². The van der Waals surface area contributed by atoms with Crippen molar-refractivity contribution in [2.75, 3.05) is 6.54 Å². The largest absolute Gasteiger partial charge is 0.352 e. The Hall–Kier alpha value is -1.35. The highest BCUT2D eigenvalue weighted by molar-refractivity contribution is 5.79. The third kappa shape index (κ3) is 4.31. The Morgan fingerprint density at radius 3 is 2.52 bits per heavy atom. The highest BCUT2D eigenvalue weighted by atomic mass is 16.1. The standard InChI is InChI=1S/C18H28N2O/c1-13(2)15-9-7-14(8-10-15)12-20-18(21)17-6-4-3-5-16(17)11-19/h7-10,13,16-17H,3-6,11-12,19H2,1-2H3,(H,20,21). The van der Waals surface area contributed by atoms with E-state index in [-0.39, 0.29) is 11.8 Å². The molecule has 0 radical (unpaired) electrons. The van der Waals surface area contributed by atoms with Gasteiger partial charge in [-0.05, 0) is 42.3 Å². The fourth-order valence-electron chi connectivity index (χ4n) is 3.18. The molecular weight excluding hydrogens is 260 g/mol. The first-order valence-electron chi connectivity index (χ1n) is 8.18. The molecule has 116 valence electrons. The number of amides is 1. The number of benzene rings is 1. The van der Waals surface area contributed by atoms with E-state index in [4.69, 9.17) is 5.73 Å². The fourth-order valence-corrected chi connectivity index (χ4v) is 3.18. The Labute approximate surface area is 128 Å². The lowest BCUT2D eigenvalue weighted by Crippen LogP contribution is -2.39. The molecule has 1 aliphatic carbocycles. The second kappa shape index (κ2) is 7.60. The zero-order valence-corrected chi connectivity index (χ0v) is 13.3. The van der Waals surface area contributed by atoms with E-state index in [0.29, 0.717) is 24.9 Å². The molecule has 1 aromatic carbocycles. The van der Waals surface area contributed by atoms with Crippen LogP contribution in [0.1, 0.15) is 56.6 Å². The van der Waals surface area contributed by atoms with E-state index in [0.717, 1.165) is 24.8 Å². The SMILES string of the molecule is CC(C)c1ccc(CNC(=O)C2CCCCC2CN)cc1. The Morgan fingerprint density at radius 1 is 1.24 bits per heavy atom. The number of nitrogens with one attached hydrogen (secondary N) is 1. The van der Waals surface area contributed by atoms with Gasteiger partial charge >= 0.3 is 0 Å². The van der Waals surface area contributed by atoms with Crippen molar-refractivity contribution in [3.63, 3.8) is 0 Å². The molecule has 0 aromatic heterocycles. The monoisotopic (exact) mass is 288 g/mol. The van der Waals surface area contributed by atoms with Crippen molar-refractivity contribution < 1.29 is 4.79 Å². The molecule has 1 aliphatic rings. The number of hydrogen-bond acceptors (Lipinski definition) is 2. The van der Waals surface area contributed by atoms with Gasteiger partial charge in [-0.15, -0.1) is 0 Å². The third-order valence-electron chi connectivity index (χ3n) is 4.66. The molecule has 0 aliphatic heterocycles. The lowest BCUT2D eigenvalue weighted by atomic mass is 9.79. The summed E-state index contributed by atoms with van der Waals surface area (Å²) in [5, 5.41) is 3.09. The molecular formula is C18H28N2O. The minimum absolute atomic E-state index is 0.110. The van der Waals surface area contributed by atoms with Crippen molar-refractivity contribution in [3.8, 4) is 0 Å². The second-order valence-electron chi connectivity index (χ2n) is 6.50. The summed E-state index contributed by atoms with van der Waals surface area (Å²) in [6.07, 6.45) is 4.44. The zero-order chi connectivity index (χ0) is 15.2. The van der Waals surface area contributed by atoms with Crippen LogP contribution < -0.4 is 11.1 Å². The minimum atomic E-state index is 0.110. The van der Waals surface area contributed by atoms with Crippen LogP contribution in [0.5, 0.6) is 0 Å². The van der Waals surface area contributed by atoms with Crippen LogP contribution in [0.15, 0.2) is 24.3 Å². The van der Waals surface area contributed by atoms with Crippen molar-refractivity contribution in [1.82, 2.24) is 5.32 Å². The Bertz CT molecular complexity index is 453. The van der Waals surface area contributed by atoms with Crippen molar-refractivity contribution in [3.05, 3.63) is 35.4 Å². The topological polar surface area (TPSA) is 55.1 Å². The maximum atomic E-state index is 12.3. The van der Waals surface area contributed by atoms with Crippen LogP contribution in [0.25, 0.3) is 0 Å². The van der Waals surface area contributed by atoms with E-state index in [1.54, 1.807) is 0 Å². The highest BCUT2D eigenvalue weighted by Gasteiger charge is 2.29. The van der Waals surface area contributed by atoms with Gasteiger partial charge in [0.2, 0.25) is 5.91 Å². The van der Waals surface area contributed by atoms with Crippen LogP contribution in [0, 0.1) is 11.8 Å². The molecule has 1 aromatic rings. The fraction of sp³-hybridized carbons (Fsp3) is 0.611. The van der Waals surface area contributed by atoms with Crippen LogP contribution in [-0.2, 0) is 11.3 Å². The summed E-state index contributed by atoms with van der Waals surface area (Å²) in [4.78, 5) is 12.3. The molecule has 21 heavy (non-hydrogen) atoms. The first kappa shape index (κ1) is 16.0. The predicted molar refractivity (Wildman–Crippen MR) is 86.9 cm³/mol. The summed E-state index contributed by atoms with van der Waals surface area (Å²) in [5.74, 6) is 1.19. The molecule has 3 nitrogen and oxygen atoms in total. The number of carbonyl (C=O) groups is 1. The van der Waals surface area contributed by atoms with Gasteiger partial charge in [-0.25, -0.2) is 0 Å². The van der Waals surface area contributed by atoms with Crippen molar-refractivity contribution >= 4 is 5.91 Å². The van der Waals surface area contributed by atoms with Gasteiger partial charge in [-0.3, -0.25) is 4.79 Å². The summed E-state index contributed by atoms with van der Waals surface area (Å²) < 4.78 is 0. The van der Waals surface area contributed by atoms with Crippen molar-refractivity contribution in [1.29, 1.82) is 0 Å². The summed E-state index contributed by atoms with van der Waals surface area (Å²) in [7, 11) is 0. The van der Waals surface area contributed by atoms with Crippen molar-refractivity contribution in [2.45, 2.75) is 52.0 Å². The molecule has 0 spiro atoms. The maximum Gasteiger partial charge on any atom is 0.223 e. The molecule has 3 N–H and O–H groups in total. The maximum absolute atomic E-state index is 12.3. The Morgan fingerprint density at radius 2 is 1.90 bits per heavy atom. The molecule has 1 fully saturated rings. The third-order valence-corrected chi connectivity index (χ3v) is 4.66. The summed E-state index contributed by atoms with van der Waals surface area (Å²) >= 11 is 0. The number of hydrogen-bond donors (Lipinski definition) is 2. The van der Waals surface area contributed by atoms with Gasteiger partial charge in [0.25, 0.3) is 0 Å². The smallest absolute Gasteiger partial charge is 0.223 e. The minimum Gasteiger partial charge on any atom is -0.352 e. The van der Waals surface area contributed by atoms with Crippen LogP contribution in [0.2, 0.25) is 0 Å². The van der Waals surface area contributed by atoms with Gasteiger partial charge in [0.05, 0.1) is 0 Å². The summed E-state index contributed by atoms with van der Waals surface area (Å²) in [6.45, 7) is 5.62. The molecule has 2 rings (SSSR count). The van der Waals surface area contributed by atoms with E-state index in [9.17, 15) is 4.79 Å². The van der Waals surface area contributed by atoms with E-state index in [2.05, 4.69) is 43.4 Å². The highest BCUT2D eigenvalue weighted by Crippen LogP contribution is 2.29.